The zero-order valence-electron chi connectivity index (χ0n) is 16.6. The molecule has 0 aliphatic heterocycles. The van der Waals surface area contributed by atoms with Gasteiger partial charge in [-0.15, -0.1) is 0 Å². The number of nitrogens with zero attached hydrogens (tertiary/aromatic N) is 1. The summed E-state index contributed by atoms with van der Waals surface area (Å²) in [7, 11) is 4.99. The predicted molar refractivity (Wildman–Crippen MR) is 111 cm³/mol. The first-order valence-corrected chi connectivity index (χ1v) is 9.77. The summed E-state index contributed by atoms with van der Waals surface area (Å²) in [6, 6.07) is 10.1. The van der Waals surface area contributed by atoms with Gasteiger partial charge in [0.05, 0.1) is 20.3 Å². The largest absolute Gasteiger partial charge is 0.493 e. The van der Waals surface area contributed by atoms with Crippen LogP contribution in [0.4, 0.5) is 4.39 Å². The highest BCUT2D eigenvalue weighted by Crippen LogP contribution is 2.27. The van der Waals surface area contributed by atoms with Crippen LogP contribution in [0.3, 0.4) is 0 Å². The lowest BCUT2D eigenvalue weighted by Gasteiger charge is -2.24. The summed E-state index contributed by atoms with van der Waals surface area (Å²) in [5.74, 6) is 0.954. The maximum absolute atomic E-state index is 13.9. The fourth-order valence-corrected chi connectivity index (χ4v) is 3.19. The van der Waals surface area contributed by atoms with Crippen LogP contribution in [0, 0.1) is 5.82 Å². The third-order valence-electron chi connectivity index (χ3n) is 4.63. The molecule has 0 fully saturated rings. The van der Waals surface area contributed by atoms with Gasteiger partial charge in [-0.05, 0) is 56.3 Å². The lowest BCUT2D eigenvalue weighted by atomic mass is 10.1. The molecule has 0 saturated heterocycles. The molecule has 7 heteroatoms. The Morgan fingerprint density at radius 3 is 2.57 bits per heavy atom. The van der Waals surface area contributed by atoms with E-state index in [0.29, 0.717) is 36.6 Å². The molecule has 0 spiro atoms. The number of methoxy groups -OCH3 is 2. The number of ether oxygens (including phenoxy) is 2. The number of carbonyl (C=O) groups excluding carboxylic acids is 1. The molecular formula is C21H26BrFN2O3. The molecule has 1 atom stereocenters. The van der Waals surface area contributed by atoms with Gasteiger partial charge in [0.15, 0.2) is 11.5 Å². The number of nitrogens with one attached hydrogen (secondary N) is 1. The normalized spacial score (nSPS) is 12.0. The van der Waals surface area contributed by atoms with Gasteiger partial charge in [0.1, 0.15) is 5.82 Å². The summed E-state index contributed by atoms with van der Waals surface area (Å²) in [5.41, 5.74) is 1.58. The smallest absolute Gasteiger partial charge is 0.237 e. The molecule has 0 saturated carbocycles. The van der Waals surface area contributed by atoms with Gasteiger partial charge in [0, 0.05) is 23.1 Å². The Balaban J connectivity index is 1.87. The van der Waals surface area contributed by atoms with Gasteiger partial charge in [-0.2, -0.15) is 0 Å². The van der Waals surface area contributed by atoms with Gasteiger partial charge in [-0.3, -0.25) is 9.69 Å². The van der Waals surface area contributed by atoms with Crippen molar-refractivity contribution < 1.29 is 18.7 Å². The van der Waals surface area contributed by atoms with E-state index in [1.807, 2.05) is 30.0 Å². The van der Waals surface area contributed by atoms with Gasteiger partial charge in [0.2, 0.25) is 5.91 Å². The summed E-state index contributed by atoms with van der Waals surface area (Å²) >= 11 is 3.35. The lowest BCUT2D eigenvalue weighted by Crippen LogP contribution is -2.43. The van der Waals surface area contributed by atoms with E-state index in [0.717, 1.165) is 10.0 Å². The number of hydrogen-bond donors (Lipinski definition) is 1. The summed E-state index contributed by atoms with van der Waals surface area (Å²) in [5, 5.41) is 2.93. The van der Waals surface area contributed by atoms with Gasteiger partial charge >= 0.3 is 0 Å². The van der Waals surface area contributed by atoms with Crippen molar-refractivity contribution in [2.75, 3.05) is 27.8 Å². The standard InChI is InChI=1S/C21H26BrFN2O3/c1-14(25(2)13-16-12-17(22)6-7-18(16)23)21(26)24-10-9-15-5-8-19(27-3)20(11-15)28-4/h5-8,11-12,14H,9-10,13H2,1-4H3,(H,24,26). The Kier molecular flexibility index (Phi) is 8.26. The molecule has 0 aliphatic rings. The topological polar surface area (TPSA) is 50.8 Å². The molecule has 0 bridgehead atoms. The number of carbonyl (C=O) groups is 1. The number of likely N-dealkylation sites (N-methyl/N-ethyl adjacent to an activating group) is 1. The Hall–Kier alpha value is -2.12. The Morgan fingerprint density at radius 2 is 1.89 bits per heavy atom. The zero-order chi connectivity index (χ0) is 20.7. The zero-order valence-corrected chi connectivity index (χ0v) is 18.2. The van der Waals surface area contributed by atoms with Crippen LogP contribution in [0.2, 0.25) is 0 Å². The minimum absolute atomic E-state index is 0.0987. The molecule has 0 radical (unpaired) electrons. The molecule has 1 unspecified atom stereocenters. The lowest BCUT2D eigenvalue weighted by molar-refractivity contribution is -0.125. The fraction of sp³-hybridized carbons (Fsp3) is 0.381. The Morgan fingerprint density at radius 1 is 1.18 bits per heavy atom. The second-order valence-corrected chi connectivity index (χ2v) is 7.47. The van der Waals surface area contributed by atoms with Crippen molar-refractivity contribution in [3.8, 4) is 11.5 Å². The molecule has 1 amide bonds. The van der Waals surface area contributed by atoms with Crippen LogP contribution >= 0.6 is 15.9 Å². The van der Waals surface area contributed by atoms with Crippen LogP contribution < -0.4 is 14.8 Å². The third-order valence-corrected chi connectivity index (χ3v) is 5.12. The minimum atomic E-state index is -0.385. The van der Waals surface area contributed by atoms with E-state index >= 15 is 0 Å². The van der Waals surface area contributed by atoms with Crippen molar-refractivity contribution in [3.05, 3.63) is 57.8 Å². The molecule has 2 rings (SSSR count). The van der Waals surface area contributed by atoms with Crippen molar-refractivity contribution in [3.63, 3.8) is 0 Å². The van der Waals surface area contributed by atoms with Crippen LogP contribution in [-0.4, -0.2) is 44.7 Å². The highest BCUT2D eigenvalue weighted by Gasteiger charge is 2.19. The van der Waals surface area contributed by atoms with Gasteiger partial charge < -0.3 is 14.8 Å². The first kappa shape index (κ1) is 22.2. The van der Waals surface area contributed by atoms with E-state index in [1.54, 1.807) is 33.4 Å². The van der Waals surface area contributed by atoms with Gasteiger partial charge in [0.25, 0.3) is 0 Å². The SMILES string of the molecule is COc1ccc(CCNC(=O)C(C)N(C)Cc2cc(Br)ccc2F)cc1OC. The van der Waals surface area contributed by atoms with Crippen LogP contribution in [0.1, 0.15) is 18.1 Å². The fourth-order valence-electron chi connectivity index (χ4n) is 2.78. The summed E-state index contributed by atoms with van der Waals surface area (Å²) < 4.78 is 25.3. The quantitative estimate of drug-likeness (QED) is 0.628. The monoisotopic (exact) mass is 452 g/mol. The molecule has 2 aromatic rings. The summed E-state index contributed by atoms with van der Waals surface area (Å²) in [6.45, 7) is 2.65. The molecule has 152 valence electrons. The highest BCUT2D eigenvalue weighted by molar-refractivity contribution is 9.10. The summed E-state index contributed by atoms with van der Waals surface area (Å²) in [4.78, 5) is 14.3. The van der Waals surface area contributed by atoms with Crippen molar-refractivity contribution in [1.29, 1.82) is 0 Å². The molecule has 2 aromatic carbocycles. The highest BCUT2D eigenvalue weighted by atomic mass is 79.9. The number of amides is 1. The van der Waals surface area contributed by atoms with Crippen molar-refractivity contribution in [1.82, 2.24) is 10.2 Å². The van der Waals surface area contributed by atoms with E-state index in [9.17, 15) is 9.18 Å². The van der Waals surface area contributed by atoms with Gasteiger partial charge in [-0.1, -0.05) is 22.0 Å². The molecule has 28 heavy (non-hydrogen) atoms. The average Bonchev–Trinajstić information content (AvgIpc) is 2.69. The van der Waals surface area contributed by atoms with Crippen LogP contribution in [0.15, 0.2) is 40.9 Å². The molecule has 0 aliphatic carbocycles. The molecule has 1 N–H and O–H groups in total. The van der Waals surface area contributed by atoms with Crippen molar-refractivity contribution in [2.45, 2.75) is 25.9 Å². The molecule has 0 heterocycles. The van der Waals surface area contributed by atoms with Crippen molar-refractivity contribution >= 4 is 21.8 Å². The predicted octanol–water partition coefficient (Wildman–Crippen LogP) is 3.78. The van der Waals surface area contributed by atoms with E-state index in [4.69, 9.17) is 9.47 Å². The number of benzene rings is 2. The van der Waals surface area contributed by atoms with Crippen molar-refractivity contribution in [2.24, 2.45) is 0 Å². The molecular weight excluding hydrogens is 427 g/mol. The second kappa shape index (κ2) is 10.4. The minimum Gasteiger partial charge on any atom is -0.493 e. The first-order chi connectivity index (χ1) is 13.3. The van der Waals surface area contributed by atoms with Crippen LogP contribution in [0.5, 0.6) is 11.5 Å². The van der Waals surface area contributed by atoms with Crippen LogP contribution in [0.25, 0.3) is 0 Å². The average molecular weight is 453 g/mol. The Bertz CT molecular complexity index is 816. The molecule has 5 nitrogen and oxygen atoms in total. The van der Waals surface area contributed by atoms with E-state index in [2.05, 4.69) is 21.2 Å². The first-order valence-electron chi connectivity index (χ1n) is 8.98. The number of rotatable bonds is 9. The number of hydrogen-bond acceptors (Lipinski definition) is 4. The van der Waals surface area contributed by atoms with E-state index in [-0.39, 0.29) is 17.8 Å². The third kappa shape index (κ3) is 5.94. The summed E-state index contributed by atoms with van der Waals surface area (Å²) in [6.07, 6.45) is 0.669. The molecule has 0 aromatic heterocycles. The second-order valence-electron chi connectivity index (χ2n) is 6.56. The number of halogens is 2. The maximum Gasteiger partial charge on any atom is 0.237 e. The van der Waals surface area contributed by atoms with E-state index < -0.39 is 0 Å². The van der Waals surface area contributed by atoms with E-state index in [1.165, 1.54) is 6.07 Å². The van der Waals surface area contributed by atoms with Gasteiger partial charge in [-0.25, -0.2) is 4.39 Å². The van der Waals surface area contributed by atoms with Crippen LogP contribution in [-0.2, 0) is 17.8 Å². The Labute approximate surface area is 174 Å². The maximum atomic E-state index is 13.9.